The lowest BCUT2D eigenvalue weighted by Gasteiger charge is -2.05. The van der Waals surface area contributed by atoms with Crippen LogP contribution in [0.3, 0.4) is 0 Å². The summed E-state index contributed by atoms with van der Waals surface area (Å²) in [7, 11) is 0. The number of rotatable bonds is 2. The van der Waals surface area contributed by atoms with Gasteiger partial charge in [-0.15, -0.1) is 0 Å². The molecule has 0 N–H and O–H groups in total. The Kier molecular flexibility index (Phi) is 3.68. The number of halogens is 2. The molecule has 1 aromatic heterocycles. The van der Waals surface area contributed by atoms with Gasteiger partial charge in [-0.2, -0.15) is 0 Å². The van der Waals surface area contributed by atoms with E-state index in [0.717, 1.165) is 22.5 Å². The monoisotopic (exact) mass is 300 g/mol. The van der Waals surface area contributed by atoms with Crippen LogP contribution in [0.15, 0.2) is 60.9 Å². The minimum absolute atomic E-state index is 0.686. The van der Waals surface area contributed by atoms with Crippen molar-refractivity contribution in [1.29, 1.82) is 0 Å². The summed E-state index contributed by atoms with van der Waals surface area (Å²) in [6.07, 6.45) is 1.55. The van der Waals surface area contributed by atoms with E-state index in [-0.39, 0.29) is 0 Å². The molecule has 20 heavy (non-hydrogen) atoms. The third-order valence-corrected chi connectivity index (χ3v) is 3.38. The molecule has 0 radical (unpaired) electrons. The summed E-state index contributed by atoms with van der Waals surface area (Å²) in [4.78, 5) is 8.59. The number of nitrogens with zero attached hydrogens (tertiary/aromatic N) is 2. The van der Waals surface area contributed by atoms with Gasteiger partial charge in [0.2, 0.25) is 0 Å². The summed E-state index contributed by atoms with van der Waals surface area (Å²) in [6.45, 7) is 0. The van der Waals surface area contributed by atoms with Gasteiger partial charge in [-0.25, -0.2) is 9.97 Å². The van der Waals surface area contributed by atoms with Gasteiger partial charge in [-0.1, -0.05) is 47.5 Å². The van der Waals surface area contributed by atoms with E-state index in [4.69, 9.17) is 23.2 Å². The predicted octanol–water partition coefficient (Wildman–Crippen LogP) is 5.12. The number of hydrogen-bond acceptors (Lipinski definition) is 2. The minimum Gasteiger partial charge on any atom is -0.236 e. The first-order valence-corrected chi connectivity index (χ1v) is 6.82. The normalized spacial score (nSPS) is 10.5. The first-order chi connectivity index (χ1) is 9.72. The third kappa shape index (κ3) is 2.82. The summed E-state index contributed by atoms with van der Waals surface area (Å²) < 4.78 is 0. The van der Waals surface area contributed by atoms with Crippen LogP contribution in [0.25, 0.3) is 22.5 Å². The minimum atomic E-state index is 0.686. The van der Waals surface area contributed by atoms with Crippen LogP contribution in [0.4, 0.5) is 0 Å². The van der Waals surface area contributed by atoms with Crippen molar-refractivity contribution in [2.75, 3.05) is 0 Å². The molecule has 98 valence electrons. The molecular weight excluding hydrogens is 291 g/mol. The predicted molar refractivity (Wildman–Crippen MR) is 82.9 cm³/mol. The number of benzene rings is 2. The Morgan fingerprint density at radius 3 is 1.60 bits per heavy atom. The van der Waals surface area contributed by atoms with Crippen molar-refractivity contribution >= 4 is 23.2 Å². The fraction of sp³-hybridized carbons (Fsp3) is 0. The number of hydrogen-bond donors (Lipinski definition) is 0. The molecule has 0 fully saturated rings. The smallest absolute Gasteiger partial charge is 0.116 e. The molecule has 0 aliphatic rings. The van der Waals surface area contributed by atoms with Gasteiger partial charge < -0.3 is 0 Å². The van der Waals surface area contributed by atoms with E-state index in [1.807, 2.05) is 54.6 Å². The van der Waals surface area contributed by atoms with Crippen LogP contribution in [0, 0.1) is 0 Å². The average Bonchev–Trinajstić information content (AvgIpc) is 2.47. The van der Waals surface area contributed by atoms with Crippen LogP contribution in [-0.2, 0) is 0 Å². The van der Waals surface area contributed by atoms with Gasteiger partial charge in [0.1, 0.15) is 6.33 Å². The summed E-state index contributed by atoms with van der Waals surface area (Å²) in [5.41, 5.74) is 3.58. The lowest BCUT2D eigenvalue weighted by molar-refractivity contribution is 1.18. The Hall–Kier alpha value is -1.90. The Morgan fingerprint density at radius 2 is 1.15 bits per heavy atom. The lowest BCUT2D eigenvalue weighted by atomic mass is 10.1. The molecule has 1 heterocycles. The molecule has 0 amide bonds. The maximum Gasteiger partial charge on any atom is 0.116 e. The molecule has 3 rings (SSSR count). The molecule has 0 aliphatic heterocycles. The molecular formula is C16H10Cl2N2. The highest BCUT2D eigenvalue weighted by Crippen LogP contribution is 2.25. The fourth-order valence-electron chi connectivity index (χ4n) is 1.97. The van der Waals surface area contributed by atoms with Gasteiger partial charge >= 0.3 is 0 Å². The van der Waals surface area contributed by atoms with E-state index in [0.29, 0.717) is 10.0 Å². The van der Waals surface area contributed by atoms with Crippen molar-refractivity contribution in [3.63, 3.8) is 0 Å². The summed E-state index contributed by atoms with van der Waals surface area (Å²) in [5.74, 6) is 0. The van der Waals surface area contributed by atoms with Gasteiger partial charge in [0.25, 0.3) is 0 Å². The second-order valence-corrected chi connectivity index (χ2v) is 5.18. The van der Waals surface area contributed by atoms with Crippen LogP contribution in [0.1, 0.15) is 0 Å². The molecule has 0 aliphatic carbocycles. The van der Waals surface area contributed by atoms with E-state index >= 15 is 0 Å². The van der Waals surface area contributed by atoms with Crippen molar-refractivity contribution in [3.8, 4) is 22.5 Å². The van der Waals surface area contributed by atoms with Crippen LogP contribution >= 0.6 is 23.2 Å². The zero-order chi connectivity index (χ0) is 13.9. The van der Waals surface area contributed by atoms with Gasteiger partial charge in [0.15, 0.2) is 0 Å². The standard InChI is InChI=1S/C16H10Cl2N2/c17-13-5-1-3-11(7-13)15-9-16(20-10-19-15)12-4-2-6-14(18)8-12/h1-10H. The molecule has 2 nitrogen and oxygen atoms in total. The third-order valence-electron chi connectivity index (χ3n) is 2.91. The van der Waals surface area contributed by atoms with E-state index in [2.05, 4.69) is 9.97 Å². The largest absolute Gasteiger partial charge is 0.236 e. The zero-order valence-electron chi connectivity index (χ0n) is 10.4. The molecule has 0 spiro atoms. The van der Waals surface area contributed by atoms with Gasteiger partial charge in [-0.05, 0) is 30.3 Å². The molecule has 0 bridgehead atoms. The maximum absolute atomic E-state index is 6.01. The van der Waals surface area contributed by atoms with Crippen LogP contribution in [0.5, 0.6) is 0 Å². The highest BCUT2D eigenvalue weighted by molar-refractivity contribution is 6.31. The Labute approximate surface area is 127 Å². The van der Waals surface area contributed by atoms with Crippen LogP contribution < -0.4 is 0 Å². The first-order valence-electron chi connectivity index (χ1n) is 6.06. The van der Waals surface area contributed by atoms with E-state index in [9.17, 15) is 0 Å². The van der Waals surface area contributed by atoms with Crippen LogP contribution in [0.2, 0.25) is 10.0 Å². The van der Waals surface area contributed by atoms with Crippen molar-refractivity contribution in [1.82, 2.24) is 9.97 Å². The summed E-state index contributed by atoms with van der Waals surface area (Å²) >= 11 is 12.0. The Morgan fingerprint density at radius 1 is 0.650 bits per heavy atom. The van der Waals surface area contributed by atoms with Gasteiger partial charge in [-0.3, -0.25) is 0 Å². The van der Waals surface area contributed by atoms with Crippen LogP contribution in [-0.4, -0.2) is 9.97 Å². The first kappa shape index (κ1) is 13.1. The number of aromatic nitrogens is 2. The second-order valence-electron chi connectivity index (χ2n) is 4.31. The van der Waals surface area contributed by atoms with Gasteiger partial charge in [0, 0.05) is 21.2 Å². The molecule has 0 atom stereocenters. The molecule has 3 aromatic rings. The molecule has 0 saturated carbocycles. The fourth-order valence-corrected chi connectivity index (χ4v) is 2.35. The topological polar surface area (TPSA) is 25.8 Å². The average molecular weight is 301 g/mol. The highest BCUT2D eigenvalue weighted by Gasteiger charge is 2.05. The van der Waals surface area contributed by atoms with Crippen molar-refractivity contribution < 1.29 is 0 Å². The Bertz CT molecular complexity index is 696. The molecule has 0 unspecified atom stereocenters. The van der Waals surface area contributed by atoms with Crippen molar-refractivity contribution in [2.24, 2.45) is 0 Å². The summed E-state index contributed by atoms with van der Waals surface area (Å²) in [6, 6.07) is 17.1. The maximum atomic E-state index is 6.01. The van der Waals surface area contributed by atoms with E-state index in [1.165, 1.54) is 0 Å². The molecule has 0 saturated heterocycles. The van der Waals surface area contributed by atoms with Crippen molar-refractivity contribution in [2.45, 2.75) is 0 Å². The van der Waals surface area contributed by atoms with Gasteiger partial charge in [0.05, 0.1) is 11.4 Å². The quantitative estimate of drug-likeness (QED) is 0.656. The lowest BCUT2D eigenvalue weighted by Crippen LogP contribution is -1.89. The summed E-state index contributed by atoms with van der Waals surface area (Å²) in [5, 5.41) is 1.37. The van der Waals surface area contributed by atoms with E-state index in [1.54, 1.807) is 6.33 Å². The van der Waals surface area contributed by atoms with E-state index < -0.39 is 0 Å². The highest BCUT2D eigenvalue weighted by atomic mass is 35.5. The zero-order valence-corrected chi connectivity index (χ0v) is 11.9. The molecule has 2 aromatic carbocycles. The van der Waals surface area contributed by atoms with Crippen molar-refractivity contribution in [3.05, 3.63) is 71.0 Å². The molecule has 4 heteroatoms. The second kappa shape index (κ2) is 5.61. The SMILES string of the molecule is Clc1cccc(-c2cc(-c3cccc(Cl)c3)ncn2)c1. The Balaban J connectivity index is 2.06.